The number of cyclic esters (lactones) is 1. The van der Waals surface area contributed by atoms with Gasteiger partial charge in [0.15, 0.2) is 5.78 Å². The third-order valence-electron chi connectivity index (χ3n) is 12.0. The quantitative estimate of drug-likeness (QED) is 0.357. The molecule has 5 aliphatic rings. The van der Waals surface area contributed by atoms with Gasteiger partial charge >= 0.3 is 12.2 Å². The molecule has 3 aliphatic heterocycles. The van der Waals surface area contributed by atoms with Crippen molar-refractivity contribution in [2.45, 2.75) is 148 Å². The van der Waals surface area contributed by atoms with Crippen molar-refractivity contribution < 1.29 is 46.7 Å². The molecule has 15 nitrogen and oxygen atoms in total. The van der Waals surface area contributed by atoms with Crippen LogP contribution < -0.4 is 15.4 Å². The summed E-state index contributed by atoms with van der Waals surface area (Å²) in [5.74, 6) is -2.21. The number of carbonyl (C=O) groups excluding carboxylic acids is 6. The zero-order chi connectivity index (χ0) is 40.8. The zero-order valence-corrected chi connectivity index (χ0v) is 34.2. The Labute approximate surface area is 329 Å². The SMILES string of the molecule is CC[C@H]1C[C@@]1(CC(=O)C1C[C@@H]2CN1C(=O)[C@H](C(C)(C)C)NC(=O)OC(C)(C)CCCCCNC(=O)c1cccc3c1CN(C3)C(=O)O2)C(=O)NS(=O)(=O)C1CC1. The molecular formula is C40H57N5O10S. The van der Waals surface area contributed by atoms with Crippen LogP contribution in [0.2, 0.25) is 0 Å². The molecule has 16 heteroatoms. The van der Waals surface area contributed by atoms with Crippen molar-refractivity contribution in [2.75, 3.05) is 13.1 Å². The first-order chi connectivity index (χ1) is 26.2. The highest BCUT2D eigenvalue weighted by Gasteiger charge is 2.62. The van der Waals surface area contributed by atoms with Gasteiger partial charge in [-0.25, -0.2) is 18.0 Å². The van der Waals surface area contributed by atoms with Gasteiger partial charge in [0.05, 0.1) is 29.8 Å². The number of ketones is 1. The number of carbonyl (C=O) groups is 6. The highest BCUT2D eigenvalue weighted by molar-refractivity contribution is 7.90. The highest BCUT2D eigenvalue weighted by atomic mass is 32.2. The van der Waals surface area contributed by atoms with E-state index < -0.39 is 79.7 Å². The topological polar surface area (TPSA) is 198 Å². The van der Waals surface area contributed by atoms with Crippen LogP contribution in [-0.2, 0) is 47.0 Å². The van der Waals surface area contributed by atoms with Gasteiger partial charge in [-0.2, -0.15) is 0 Å². The lowest BCUT2D eigenvalue weighted by Crippen LogP contribution is -2.57. The summed E-state index contributed by atoms with van der Waals surface area (Å²) in [6.45, 7) is 11.4. The minimum absolute atomic E-state index is 0.0615. The second-order valence-corrected chi connectivity index (χ2v) is 20.0. The van der Waals surface area contributed by atoms with Crippen molar-refractivity contribution in [1.29, 1.82) is 0 Å². The molecule has 4 bridgehead atoms. The molecular weight excluding hydrogens is 743 g/mol. The maximum absolute atomic E-state index is 14.6. The lowest BCUT2D eigenvalue weighted by Gasteiger charge is -2.36. The maximum atomic E-state index is 14.6. The number of nitrogens with zero attached hydrogens (tertiary/aromatic N) is 2. The van der Waals surface area contributed by atoms with Gasteiger partial charge in [0.2, 0.25) is 21.8 Å². The van der Waals surface area contributed by atoms with E-state index in [9.17, 15) is 37.2 Å². The average molecular weight is 800 g/mol. The van der Waals surface area contributed by atoms with Crippen molar-refractivity contribution in [3.8, 4) is 0 Å². The van der Waals surface area contributed by atoms with Crippen LogP contribution >= 0.6 is 0 Å². The predicted octanol–water partition coefficient (Wildman–Crippen LogP) is 4.32. The first-order valence-electron chi connectivity index (χ1n) is 20.0. The number of hydrogen-bond donors (Lipinski definition) is 3. The van der Waals surface area contributed by atoms with Gasteiger partial charge in [-0.05, 0) is 80.9 Å². The van der Waals surface area contributed by atoms with Crippen molar-refractivity contribution >= 4 is 45.7 Å². The van der Waals surface area contributed by atoms with Crippen LogP contribution in [0.25, 0.3) is 0 Å². The van der Waals surface area contributed by atoms with Crippen molar-refractivity contribution in [1.82, 2.24) is 25.2 Å². The van der Waals surface area contributed by atoms with E-state index in [0.717, 1.165) is 24.0 Å². The van der Waals surface area contributed by atoms with E-state index in [4.69, 9.17) is 9.47 Å². The zero-order valence-electron chi connectivity index (χ0n) is 33.4. The molecule has 1 aromatic carbocycles. The van der Waals surface area contributed by atoms with Crippen molar-refractivity contribution in [3.05, 3.63) is 34.9 Å². The third-order valence-corrected chi connectivity index (χ3v) is 13.8. The molecule has 3 fully saturated rings. The summed E-state index contributed by atoms with van der Waals surface area (Å²) in [4.78, 5) is 85.8. The lowest BCUT2D eigenvalue weighted by molar-refractivity contribution is -0.142. The van der Waals surface area contributed by atoms with Crippen LogP contribution in [0, 0.1) is 16.7 Å². The number of ether oxygens (including phenoxy) is 2. The number of sulfonamides is 1. The molecule has 0 radical (unpaired) electrons. The van der Waals surface area contributed by atoms with Gasteiger partial charge in [-0.15, -0.1) is 0 Å². The number of Topliss-reactive ketones (excluding diaryl/α,β-unsaturated/α-hetero) is 1. The molecule has 56 heavy (non-hydrogen) atoms. The summed E-state index contributed by atoms with van der Waals surface area (Å²) < 4.78 is 39.6. The van der Waals surface area contributed by atoms with Crippen LogP contribution in [0.15, 0.2) is 18.2 Å². The molecule has 1 unspecified atom stereocenters. The van der Waals surface area contributed by atoms with Crippen LogP contribution in [0.3, 0.4) is 0 Å². The molecule has 3 N–H and O–H groups in total. The fraction of sp³-hybridized carbons (Fsp3) is 0.700. The van der Waals surface area contributed by atoms with Crippen LogP contribution in [-0.4, -0.2) is 96.0 Å². The van der Waals surface area contributed by atoms with Gasteiger partial charge in [-0.1, -0.05) is 52.7 Å². The molecule has 5 atom stereocenters. The van der Waals surface area contributed by atoms with Crippen molar-refractivity contribution in [3.63, 3.8) is 0 Å². The molecule has 6 rings (SSSR count). The molecule has 0 spiro atoms. The first kappa shape index (κ1) is 41.4. The van der Waals surface area contributed by atoms with Crippen LogP contribution in [0.1, 0.15) is 127 Å². The minimum Gasteiger partial charge on any atom is -0.444 e. The predicted molar refractivity (Wildman–Crippen MR) is 204 cm³/mol. The summed E-state index contributed by atoms with van der Waals surface area (Å²) in [7, 11) is -3.87. The van der Waals surface area contributed by atoms with Gasteiger partial charge < -0.3 is 25.0 Å². The minimum atomic E-state index is -3.87. The molecule has 0 aromatic heterocycles. The summed E-state index contributed by atoms with van der Waals surface area (Å²) in [5.41, 5.74) is -0.948. The monoisotopic (exact) mass is 799 g/mol. The molecule has 2 aliphatic carbocycles. The second-order valence-electron chi connectivity index (χ2n) is 18.0. The number of fused-ring (bicyclic) bond motifs is 3. The number of alkyl carbamates (subject to hydrolysis) is 1. The van der Waals surface area contributed by atoms with E-state index in [1.807, 2.05) is 13.0 Å². The Morgan fingerprint density at radius 3 is 2.43 bits per heavy atom. The number of hydrogen-bond acceptors (Lipinski definition) is 10. The number of amides is 5. The van der Waals surface area contributed by atoms with Crippen molar-refractivity contribution in [2.24, 2.45) is 16.7 Å². The summed E-state index contributed by atoms with van der Waals surface area (Å²) in [5, 5.41) is 5.12. The maximum Gasteiger partial charge on any atom is 0.410 e. The Morgan fingerprint density at radius 2 is 1.77 bits per heavy atom. The van der Waals surface area contributed by atoms with Crippen LogP contribution in [0.5, 0.6) is 0 Å². The van der Waals surface area contributed by atoms with E-state index in [1.165, 1.54) is 9.80 Å². The Hall–Kier alpha value is -4.21. The summed E-state index contributed by atoms with van der Waals surface area (Å²) in [6, 6.07) is 3.09. The van der Waals surface area contributed by atoms with E-state index in [2.05, 4.69) is 15.4 Å². The molecule has 5 amide bonds. The Balaban J connectivity index is 1.28. The fourth-order valence-corrected chi connectivity index (χ4v) is 9.82. The fourth-order valence-electron chi connectivity index (χ4n) is 8.44. The van der Waals surface area contributed by atoms with E-state index in [0.29, 0.717) is 50.6 Å². The smallest absolute Gasteiger partial charge is 0.410 e. The van der Waals surface area contributed by atoms with Gasteiger partial charge in [0.25, 0.3) is 5.91 Å². The summed E-state index contributed by atoms with van der Waals surface area (Å²) in [6.07, 6.45) is 1.80. The van der Waals surface area contributed by atoms with E-state index in [1.54, 1.807) is 46.8 Å². The number of rotatable bonds is 7. The van der Waals surface area contributed by atoms with Gasteiger partial charge in [0.1, 0.15) is 17.7 Å². The Morgan fingerprint density at radius 1 is 1.04 bits per heavy atom. The normalized spacial score (nSPS) is 28.9. The Kier molecular flexibility index (Phi) is 11.6. The standard InChI is InChI=1S/C40H57N5O10S/c1-7-25-19-40(25,35(49)43-56(52,53)27-14-15-27)20-31(46)30-18-26-22-45(30)34(48)32(38(2,3)4)42-36(50)55-39(5,6)16-9-8-10-17-41-33(47)28-13-11-12-24-21-44(23-29(24)28)37(51)54-26/h11-13,25-27,30,32H,7-10,14-23H2,1-6H3,(H,41,47)(H,42,50)(H,43,49)/t25-,26+,30?,32+,40-/m0/s1. The molecule has 3 heterocycles. The third kappa shape index (κ3) is 8.99. The lowest BCUT2D eigenvalue weighted by atomic mass is 9.85. The molecule has 1 aromatic rings. The first-order valence-corrected chi connectivity index (χ1v) is 21.5. The number of benzene rings is 1. The molecule has 308 valence electrons. The second kappa shape index (κ2) is 15.6. The summed E-state index contributed by atoms with van der Waals surface area (Å²) >= 11 is 0. The van der Waals surface area contributed by atoms with E-state index in [-0.39, 0.29) is 44.3 Å². The molecule has 1 saturated heterocycles. The largest absolute Gasteiger partial charge is 0.444 e. The van der Waals surface area contributed by atoms with Crippen LogP contribution in [0.4, 0.5) is 9.59 Å². The molecule has 2 saturated carbocycles. The van der Waals surface area contributed by atoms with Gasteiger partial charge in [0, 0.05) is 31.5 Å². The highest BCUT2D eigenvalue weighted by Crippen LogP contribution is 2.58. The average Bonchev–Trinajstić information content (AvgIpc) is 4.01. The van der Waals surface area contributed by atoms with E-state index >= 15 is 0 Å². The Bertz CT molecular complexity index is 1870. The van der Waals surface area contributed by atoms with Gasteiger partial charge in [-0.3, -0.25) is 28.8 Å². The number of nitrogens with one attached hydrogen (secondary N) is 3.